The van der Waals surface area contributed by atoms with Gasteiger partial charge in [-0.2, -0.15) is 13.2 Å². The van der Waals surface area contributed by atoms with Crippen molar-refractivity contribution in [1.82, 2.24) is 4.90 Å². The van der Waals surface area contributed by atoms with Gasteiger partial charge in [0.05, 0.1) is 6.04 Å². The number of dihydropyridines is 1. The first kappa shape index (κ1) is 23.0. The Hall–Kier alpha value is -2.22. The molecule has 1 amide bonds. The maximum Gasteiger partial charge on any atom is 0.421 e. The number of aliphatic hydroxyl groups is 1. The second-order valence-electron chi connectivity index (χ2n) is 9.33. The van der Waals surface area contributed by atoms with Crippen molar-refractivity contribution in [3.8, 4) is 0 Å². The molecule has 2 saturated carbocycles. The fourth-order valence-electron chi connectivity index (χ4n) is 4.75. The minimum atomic E-state index is -4.82. The zero-order valence-corrected chi connectivity index (χ0v) is 18.0. The van der Waals surface area contributed by atoms with Crippen LogP contribution in [-0.2, 0) is 5.60 Å². The van der Waals surface area contributed by atoms with E-state index in [-0.39, 0.29) is 35.2 Å². The van der Waals surface area contributed by atoms with Gasteiger partial charge in [-0.25, -0.2) is 4.39 Å². The van der Waals surface area contributed by atoms with Gasteiger partial charge in [0.1, 0.15) is 5.67 Å². The fourth-order valence-corrected chi connectivity index (χ4v) is 4.75. The lowest BCUT2D eigenvalue weighted by Gasteiger charge is -2.42. The predicted octanol–water partition coefficient (Wildman–Crippen LogP) is 5.11. The highest BCUT2D eigenvalue weighted by Crippen LogP contribution is 2.43. The molecule has 0 spiro atoms. The molecule has 1 aromatic rings. The molecule has 2 fully saturated rings. The van der Waals surface area contributed by atoms with E-state index in [4.69, 9.17) is 0 Å². The lowest BCUT2D eigenvalue weighted by atomic mass is 9.77. The van der Waals surface area contributed by atoms with Crippen molar-refractivity contribution in [3.63, 3.8) is 0 Å². The van der Waals surface area contributed by atoms with Gasteiger partial charge >= 0.3 is 6.18 Å². The van der Waals surface area contributed by atoms with Crippen LogP contribution in [0.3, 0.4) is 0 Å². The smallest absolute Gasteiger partial charge is 0.376 e. The van der Waals surface area contributed by atoms with Crippen LogP contribution in [0.5, 0.6) is 0 Å². The Morgan fingerprint density at radius 2 is 1.69 bits per heavy atom. The van der Waals surface area contributed by atoms with Crippen LogP contribution in [0.1, 0.15) is 67.8 Å². The maximum atomic E-state index is 15.5. The van der Waals surface area contributed by atoms with Crippen LogP contribution in [0.4, 0.5) is 17.6 Å². The minimum Gasteiger partial charge on any atom is -0.376 e. The summed E-state index contributed by atoms with van der Waals surface area (Å²) in [6, 6.07) is 4.57. The second kappa shape index (κ2) is 8.28. The number of halogens is 4. The lowest BCUT2D eigenvalue weighted by molar-refractivity contribution is -0.258. The number of allylic oxidation sites excluding steroid dienone is 1. The Kier molecular flexibility index (Phi) is 5.94. The molecule has 2 atom stereocenters. The van der Waals surface area contributed by atoms with E-state index in [1.165, 1.54) is 12.1 Å². The first-order valence-corrected chi connectivity index (χ1v) is 11.1. The summed E-state index contributed by atoms with van der Waals surface area (Å²) in [4.78, 5) is 19.4. The molecular weight excluding hydrogens is 424 g/mol. The Bertz CT molecular complexity index is 896. The summed E-state index contributed by atoms with van der Waals surface area (Å²) < 4.78 is 54.8. The standard InChI is InChI=1S/C24H28F4N2O2/c1-22(32,24(26,27)28)17-7-5-16(6-8-17)21(31)30(18-9-10-18)19-11-13-23(25,14-12-19)20-4-2-3-15-29-20/h2-3,5-8,15,18-20,32H,4,9-14H2,1H3/t19?,20?,22-,23?/m0/s1. The van der Waals surface area contributed by atoms with Gasteiger partial charge in [0.2, 0.25) is 0 Å². The molecule has 1 N–H and O–H groups in total. The molecule has 8 heteroatoms. The zero-order valence-electron chi connectivity index (χ0n) is 18.0. The molecule has 4 nitrogen and oxygen atoms in total. The molecule has 2 aliphatic carbocycles. The van der Waals surface area contributed by atoms with E-state index in [0.717, 1.165) is 25.0 Å². The van der Waals surface area contributed by atoms with E-state index in [2.05, 4.69) is 4.99 Å². The number of alkyl halides is 4. The van der Waals surface area contributed by atoms with E-state index in [1.54, 1.807) is 11.1 Å². The average Bonchev–Trinajstić information content (AvgIpc) is 3.60. The van der Waals surface area contributed by atoms with Crippen molar-refractivity contribution in [1.29, 1.82) is 0 Å². The third-order valence-corrected chi connectivity index (χ3v) is 7.05. The highest BCUT2D eigenvalue weighted by molar-refractivity contribution is 5.95. The first-order valence-electron chi connectivity index (χ1n) is 11.1. The van der Waals surface area contributed by atoms with Gasteiger partial charge in [-0.3, -0.25) is 9.79 Å². The summed E-state index contributed by atoms with van der Waals surface area (Å²) in [5.41, 5.74) is -4.41. The number of amides is 1. The summed E-state index contributed by atoms with van der Waals surface area (Å²) in [6.45, 7) is 0.692. The molecule has 1 aromatic carbocycles. The summed E-state index contributed by atoms with van der Waals surface area (Å²) in [7, 11) is 0. The van der Waals surface area contributed by atoms with Crippen LogP contribution >= 0.6 is 0 Å². The normalized spacial score (nSPS) is 30.1. The number of carbonyl (C=O) groups excluding carboxylic acids is 1. The van der Waals surface area contributed by atoms with Crippen LogP contribution in [0.15, 0.2) is 41.4 Å². The quantitative estimate of drug-likeness (QED) is 0.631. The third-order valence-electron chi connectivity index (χ3n) is 7.05. The summed E-state index contributed by atoms with van der Waals surface area (Å²) >= 11 is 0. The van der Waals surface area contributed by atoms with Crippen LogP contribution in [0, 0.1) is 0 Å². The molecular formula is C24H28F4N2O2. The number of benzene rings is 1. The first-order chi connectivity index (χ1) is 15.0. The topological polar surface area (TPSA) is 52.9 Å². The van der Waals surface area contributed by atoms with Gasteiger partial charge in [-0.05, 0) is 75.6 Å². The lowest BCUT2D eigenvalue weighted by Crippen LogP contribution is -2.49. The molecule has 0 bridgehead atoms. The maximum absolute atomic E-state index is 15.5. The average molecular weight is 452 g/mol. The Balaban J connectivity index is 1.46. The zero-order chi connectivity index (χ0) is 23.1. The van der Waals surface area contributed by atoms with E-state index in [9.17, 15) is 23.1 Å². The predicted molar refractivity (Wildman–Crippen MR) is 113 cm³/mol. The van der Waals surface area contributed by atoms with Gasteiger partial charge < -0.3 is 10.0 Å². The Labute approximate surface area is 185 Å². The van der Waals surface area contributed by atoms with Crippen LogP contribution in [0.25, 0.3) is 0 Å². The van der Waals surface area contributed by atoms with Crippen molar-refractivity contribution in [2.45, 2.75) is 87.4 Å². The monoisotopic (exact) mass is 452 g/mol. The molecule has 4 rings (SSSR count). The number of rotatable bonds is 5. The molecule has 0 aromatic heterocycles. The highest BCUT2D eigenvalue weighted by atomic mass is 19.4. The van der Waals surface area contributed by atoms with Gasteiger partial charge in [-0.1, -0.05) is 18.2 Å². The second-order valence-corrected chi connectivity index (χ2v) is 9.33. The number of hydrogen-bond donors (Lipinski definition) is 1. The van der Waals surface area contributed by atoms with Gasteiger partial charge in [0, 0.05) is 23.9 Å². The van der Waals surface area contributed by atoms with E-state index < -0.39 is 17.4 Å². The highest BCUT2D eigenvalue weighted by Gasteiger charge is 2.51. The minimum absolute atomic E-state index is 0.0909. The molecule has 0 saturated heterocycles. The van der Waals surface area contributed by atoms with Crippen molar-refractivity contribution in [2.24, 2.45) is 4.99 Å². The van der Waals surface area contributed by atoms with Gasteiger partial charge in [0.15, 0.2) is 5.60 Å². The van der Waals surface area contributed by atoms with Gasteiger partial charge in [-0.15, -0.1) is 0 Å². The Morgan fingerprint density at radius 1 is 1.09 bits per heavy atom. The summed E-state index contributed by atoms with van der Waals surface area (Å²) in [5.74, 6) is -0.249. The molecule has 1 heterocycles. The molecule has 32 heavy (non-hydrogen) atoms. The summed E-state index contributed by atoms with van der Waals surface area (Å²) in [6.07, 6.45) is 4.63. The molecule has 1 aliphatic heterocycles. The van der Waals surface area contributed by atoms with Crippen LogP contribution < -0.4 is 0 Å². The fraction of sp³-hybridized carbons (Fsp3) is 0.583. The van der Waals surface area contributed by atoms with Crippen molar-refractivity contribution in [2.75, 3.05) is 0 Å². The SMILES string of the molecule is C[C@](O)(c1ccc(C(=O)N(C2CC2)C2CCC(F)(C3CC=CC=N3)CC2)cc1)C(F)(F)F. The number of aliphatic imine (C=N–C) groups is 1. The molecule has 0 radical (unpaired) electrons. The summed E-state index contributed by atoms with van der Waals surface area (Å²) in [5, 5.41) is 9.85. The number of carbonyl (C=O) groups is 1. The van der Waals surface area contributed by atoms with Crippen LogP contribution in [0.2, 0.25) is 0 Å². The largest absolute Gasteiger partial charge is 0.421 e. The van der Waals surface area contributed by atoms with E-state index >= 15 is 4.39 Å². The van der Waals surface area contributed by atoms with Crippen LogP contribution in [-0.4, -0.2) is 52.1 Å². The third kappa shape index (κ3) is 4.34. The van der Waals surface area contributed by atoms with Crippen molar-refractivity contribution in [3.05, 3.63) is 47.5 Å². The molecule has 1 unspecified atom stereocenters. The number of nitrogens with zero attached hydrogens (tertiary/aromatic N) is 2. The Morgan fingerprint density at radius 3 is 2.19 bits per heavy atom. The van der Waals surface area contributed by atoms with E-state index in [0.29, 0.717) is 39.0 Å². The van der Waals surface area contributed by atoms with E-state index in [1.807, 2.05) is 12.2 Å². The van der Waals surface area contributed by atoms with Crippen molar-refractivity contribution >= 4 is 12.1 Å². The number of hydrogen-bond acceptors (Lipinski definition) is 3. The van der Waals surface area contributed by atoms with Gasteiger partial charge in [0.25, 0.3) is 5.91 Å². The molecule has 174 valence electrons. The van der Waals surface area contributed by atoms with Crippen molar-refractivity contribution < 1.29 is 27.5 Å². The molecule has 3 aliphatic rings.